The molecule has 158 valence electrons. The summed E-state index contributed by atoms with van der Waals surface area (Å²) in [6, 6.07) is 0. The van der Waals surface area contributed by atoms with Crippen LogP contribution in [0.15, 0.2) is 9.95 Å². The summed E-state index contributed by atoms with van der Waals surface area (Å²) in [6.07, 6.45) is 2.52. The Morgan fingerprint density at radius 2 is 2.28 bits per heavy atom. The van der Waals surface area contributed by atoms with E-state index >= 15 is 0 Å². The molecule has 29 heavy (non-hydrogen) atoms. The highest BCUT2D eigenvalue weighted by molar-refractivity contribution is 8.00. The molecule has 1 aliphatic rings. The molecule has 0 radical (unpaired) electrons. The van der Waals surface area contributed by atoms with Crippen LogP contribution in [0.5, 0.6) is 0 Å². The van der Waals surface area contributed by atoms with Gasteiger partial charge < -0.3 is 20.6 Å². The molecule has 0 aliphatic carbocycles. The van der Waals surface area contributed by atoms with E-state index in [1.54, 1.807) is 6.92 Å². The van der Waals surface area contributed by atoms with Crippen LogP contribution in [0.4, 0.5) is 0 Å². The van der Waals surface area contributed by atoms with Gasteiger partial charge in [-0.15, -0.1) is 11.3 Å². The number of rotatable bonds is 7. The number of carbonyl (C=O) groups is 2. The summed E-state index contributed by atoms with van der Waals surface area (Å²) >= 11 is 2.21. The minimum atomic E-state index is -0.525. The Morgan fingerprint density at radius 3 is 2.90 bits per heavy atom. The summed E-state index contributed by atoms with van der Waals surface area (Å²) in [7, 11) is 1.28. The Kier molecular flexibility index (Phi) is 6.81. The lowest BCUT2D eigenvalue weighted by Gasteiger charge is -2.17. The second kappa shape index (κ2) is 9.14. The average molecular weight is 441 g/mol. The first-order chi connectivity index (χ1) is 13.9. The van der Waals surface area contributed by atoms with Crippen molar-refractivity contribution in [3.63, 3.8) is 0 Å². The van der Waals surface area contributed by atoms with Crippen LogP contribution in [0, 0.1) is 6.92 Å². The van der Waals surface area contributed by atoms with Crippen molar-refractivity contribution in [2.24, 2.45) is 0 Å². The number of nitrogens with one attached hydrogen (secondary N) is 1. The van der Waals surface area contributed by atoms with Crippen LogP contribution >= 0.6 is 23.1 Å². The van der Waals surface area contributed by atoms with Gasteiger partial charge in [0.15, 0.2) is 5.16 Å². The quantitative estimate of drug-likeness (QED) is 0.287. The number of hydrogen-bond acceptors (Lipinski definition) is 9. The minimum Gasteiger partial charge on any atom is -0.465 e. The van der Waals surface area contributed by atoms with Gasteiger partial charge in [-0.25, -0.2) is 14.5 Å². The van der Waals surface area contributed by atoms with Crippen LogP contribution in [0.2, 0.25) is 0 Å². The van der Waals surface area contributed by atoms with Gasteiger partial charge >= 0.3 is 5.97 Å². The van der Waals surface area contributed by atoms with Crippen molar-refractivity contribution in [2.75, 3.05) is 26.1 Å². The van der Waals surface area contributed by atoms with Gasteiger partial charge in [-0.2, -0.15) is 0 Å². The molecule has 1 aliphatic heterocycles. The predicted molar refractivity (Wildman–Crippen MR) is 112 cm³/mol. The molecule has 9 nitrogen and oxygen atoms in total. The van der Waals surface area contributed by atoms with E-state index in [1.165, 1.54) is 7.11 Å². The molecule has 0 aromatic carbocycles. The first-order valence-corrected chi connectivity index (χ1v) is 11.0. The minimum absolute atomic E-state index is 0.0504. The summed E-state index contributed by atoms with van der Waals surface area (Å²) in [5.74, 6) is 5.29. The van der Waals surface area contributed by atoms with Crippen LogP contribution in [0.25, 0.3) is 10.2 Å². The number of carbonyl (C=O) groups excluding carboxylic acids is 2. The zero-order chi connectivity index (χ0) is 21.1. The van der Waals surface area contributed by atoms with Crippen molar-refractivity contribution >= 4 is 45.2 Å². The normalized spacial score (nSPS) is 17.4. The zero-order valence-electron chi connectivity index (χ0n) is 16.5. The number of amides is 1. The lowest BCUT2D eigenvalue weighted by molar-refractivity contribution is -0.121. The molecule has 3 rings (SSSR count). The van der Waals surface area contributed by atoms with E-state index < -0.39 is 16.8 Å². The maximum absolute atomic E-state index is 12.8. The lowest BCUT2D eigenvalue weighted by atomic mass is 10.2. The highest BCUT2D eigenvalue weighted by Crippen LogP contribution is 2.30. The van der Waals surface area contributed by atoms with Gasteiger partial charge in [0.25, 0.3) is 5.56 Å². The second-order valence-corrected chi connectivity index (χ2v) is 8.86. The number of aromatic nitrogens is 2. The molecule has 0 unspecified atom stereocenters. The number of ether oxygens (including phenoxy) is 2. The van der Waals surface area contributed by atoms with Crippen molar-refractivity contribution in [1.29, 1.82) is 0 Å². The summed E-state index contributed by atoms with van der Waals surface area (Å²) in [6.45, 7) is 4.73. The molecule has 3 N–H and O–H groups in total. The van der Waals surface area contributed by atoms with Gasteiger partial charge in [0, 0.05) is 13.2 Å². The van der Waals surface area contributed by atoms with Gasteiger partial charge in [0.1, 0.15) is 9.71 Å². The van der Waals surface area contributed by atoms with Crippen LogP contribution in [-0.4, -0.2) is 53.2 Å². The maximum Gasteiger partial charge on any atom is 0.348 e. The SMILES string of the molecule is CC[C@@H](Sc1nc2sc(C(=O)OC)c(C)c2c(=O)n1N)C(=O)NC[C@H]1CCCO1. The van der Waals surface area contributed by atoms with E-state index in [0.717, 1.165) is 47.2 Å². The number of thioether (sulfide) groups is 1. The molecule has 1 saturated heterocycles. The van der Waals surface area contributed by atoms with Gasteiger partial charge in [-0.05, 0) is 31.7 Å². The molecular weight excluding hydrogens is 416 g/mol. The van der Waals surface area contributed by atoms with Gasteiger partial charge in [-0.1, -0.05) is 18.7 Å². The van der Waals surface area contributed by atoms with Crippen molar-refractivity contribution in [3.05, 3.63) is 20.8 Å². The number of methoxy groups -OCH3 is 1. The molecule has 2 aromatic heterocycles. The van der Waals surface area contributed by atoms with Gasteiger partial charge in [0.2, 0.25) is 5.91 Å². The average Bonchev–Trinajstić information content (AvgIpc) is 3.35. The van der Waals surface area contributed by atoms with E-state index in [9.17, 15) is 14.4 Å². The van der Waals surface area contributed by atoms with Crippen LogP contribution < -0.4 is 16.7 Å². The Hall–Kier alpha value is -2.11. The smallest absolute Gasteiger partial charge is 0.348 e. The number of nitrogens with zero attached hydrogens (tertiary/aromatic N) is 2. The number of aryl methyl sites for hydroxylation is 1. The number of esters is 1. The Bertz CT molecular complexity index is 981. The summed E-state index contributed by atoms with van der Waals surface area (Å²) in [5.41, 5.74) is 0.0301. The van der Waals surface area contributed by atoms with Crippen molar-refractivity contribution in [1.82, 2.24) is 15.0 Å². The zero-order valence-corrected chi connectivity index (χ0v) is 18.2. The van der Waals surface area contributed by atoms with E-state index in [-0.39, 0.29) is 22.6 Å². The molecule has 1 fully saturated rings. The van der Waals surface area contributed by atoms with Gasteiger partial charge in [-0.3, -0.25) is 9.59 Å². The fourth-order valence-electron chi connectivity index (χ4n) is 3.13. The van der Waals surface area contributed by atoms with Crippen LogP contribution in [0.3, 0.4) is 0 Å². The molecule has 2 atom stereocenters. The third kappa shape index (κ3) is 4.41. The van der Waals surface area contributed by atoms with Crippen molar-refractivity contribution in [3.8, 4) is 0 Å². The Balaban J connectivity index is 1.84. The number of thiophene rings is 1. The molecule has 2 aromatic rings. The molecule has 1 amide bonds. The third-order valence-electron chi connectivity index (χ3n) is 4.77. The van der Waals surface area contributed by atoms with Crippen LogP contribution in [-0.2, 0) is 14.3 Å². The molecule has 0 saturated carbocycles. The first kappa shape index (κ1) is 21.6. The van der Waals surface area contributed by atoms with Crippen LogP contribution in [0.1, 0.15) is 41.4 Å². The number of hydrogen-bond donors (Lipinski definition) is 2. The molecule has 3 heterocycles. The van der Waals surface area contributed by atoms with E-state index in [1.807, 2.05) is 6.92 Å². The standard InChI is InChI=1S/C18H24N4O5S2/c1-4-11(14(23)20-8-10-6-5-7-27-10)28-18-21-15-12(16(24)22(18)19)9(2)13(29-15)17(25)26-3/h10-11H,4-8,19H2,1-3H3,(H,20,23)/t10-,11-/m1/s1. The number of nitrogens with two attached hydrogens (primary N) is 1. The summed E-state index contributed by atoms with van der Waals surface area (Å²) in [4.78, 5) is 42.4. The monoisotopic (exact) mass is 440 g/mol. The van der Waals surface area contributed by atoms with Crippen molar-refractivity contribution < 1.29 is 19.1 Å². The highest BCUT2D eigenvalue weighted by atomic mass is 32.2. The highest BCUT2D eigenvalue weighted by Gasteiger charge is 2.25. The summed E-state index contributed by atoms with van der Waals surface area (Å²) < 4.78 is 11.2. The molecule has 0 bridgehead atoms. The van der Waals surface area contributed by atoms with Crippen molar-refractivity contribution in [2.45, 2.75) is 49.6 Å². The Morgan fingerprint density at radius 1 is 1.52 bits per heavy atom. The van der Waals surface area contributed by atoms with Gasteiger partial charge in [0.05, 0.1) is 23.8 Å². The van der Waals surface area contributed by atoms with E-state index in [4.69, 9.17) is 15.3 Å². The topological polar surface area (TPSA) is 126 Å². The van der Waals surface area contributed by atoms with E-state index in [0.29, 0.717) is 28.2 Å². The molecular formula is C18H24N4O5S2. The number of nitrogen functional groups attached to an aromatic ring is 1. The predicted octanol–water partition coefficient (Wildman–Crippen LogP) is 1.43. The van der Waals surface area contributed by atoms with E-state index in [2.05, 4.69) is 10.3 Å². The maximum atomic E-state index is 12.8. The molecule has 0 spiro atoms. The number of fused-ring (bicyclic) bond motifs is 1. The molecule has 11 heteroatoms. The first-order valence-electron chi connectivity index (χ1n) is 9.32. The lowest BCUT2D eigenvalue weighted by Crippen LogP contribution is -2.38. The third-order valence-corrected chi connectivity index (χ3v) is 7.27. The fraction of sp³-hybridized carbons (Fsp3) is 0.556. The summed E-state index contributed by atoms with van der Waals surface area (Å²) in [5, 5.41) is 2.95. The Labute approximate surface area is 175 Å². The largest absolute Gasteiger partial charge is 0.465 e. The second-order valence-electron chi connectivity index (χ2n) is 6.69. The fourth-order valence-corrected chi connectivity index (χ4v) is 5.23.